The summed E-state index contributed by atoms with van der Waals surface area (Å²) in [6.45, 7) is 6.33. The standard InChI is InChI=1S/C12H21NO3/c1-3-11(2)7-12(4-5-16-11)8-13-6-9(12)10(14)15/h9,13H,3-8H2,1-2H3,(H,14,15). The van der Waals surface area contributed by atoms with Gasteiger partial charge in [-0.05, 0) is 26.2 Å². The third kappa shape index (κ3) is 1.84. The Bertz CT molecular complexity index is 294. The van der Waals surface area contributed by atoms with E-state index in [1.165, 1.54) is 0 Å². The predicted octanol–water partition coefficient (Wildman–Crippen LogP) is 1.26. The van der Waals surface area contributed by atoms with Crippen molar-refractivity contribution in [1.82, 2.24) is 5.32 Å². The lowest BCUT2D eigenvalue weighted by Crippen LogP contribution is -2.48. The van der Waals surface area contributed by atoms with Crippen LogP contribution in [-0.4, -0.2) is 36.4 Å². The predicted molar refractivity (Wildman–Crippen MR) is 60.3 cm³/mol. The molecule has 2 fully saturated rings. The van der Waals surface area contributed by atoms with E-state index in [1.807, 2.05) is 0 Å². The monoisotopic (exact) mass is 227 g/mol. The average molecular weight is 227 g/mol. The van der Waals surface area contributed by atoms with Crippen LogP contribution in [0.4, 0.5) is 0 Å². The Kier molecular flexibility index (Phi) is 2.97. The fourth-order valence-electron chi connectivity index (χ4n) is 3.21. The summed E-state index contributed by atoms with van der Waals surface area (Å²) in [6, 6.07) is 0. The molecule has 3 unspecified atom stereocenters. The number of carboxylic acid groups (broad SMARTS) is 1. The van der Waals surface area contributed by atoms with Crippen molar-refractivity contribution in [3.8, 4) is 0 Å². The Morgan fingerprint density at radius 3 is 3.00 bits per heavy atom. The van der Waals surface area contributed by atoms with Gasteiger partial charge in [-0.1, -0.05) is 6.92 Å². The molecule has 2 aliphatic rings. The summed E-state index contributed by atoms with van der Waals surface area (Å²) in [5.74, 6) is -0.910. The van der Waals surface area contributed by atoms with Gasteiger partial charge in [0.15, 0.2) is 0 Å². The Morgan fingerprint density at radius 1 is 1.62 bits per heavy atom. The van der Waals surface area contributed by atoms with Crippen LogP contribution in [-0.2, 0) is 9.53 Å². The fraction of sp³-hybridized carbons (Fsp3) is 0.917. The molecule has 2 saturated heterocycles. The highest BCUT2D eigenvalue weighted by Crippen LogP contribution is 2.47. The van der Waals surface area contributed by atoms with Crippen molar-refractivity contribution in [2.75, 3.05) is 19.7 Å². The number of carbonyl (C=O) groups is 1. The molecule has 4 nitrogen and oxygen atoms in total. The third-order valence-corrected chi connectivity index (χ3v) is 4.39. The van der Waals surface area contributed by atoms with Gasteiger partial charge in [0.1, 0.15) is 0 Å². The van der Waals surface area contributed by atoms with Crippen molar-refractivity contribution in [3.05, 3.63) is 0 Å². The lowest BCUT2D eigenvalue weighted by Gasteiger charge is -2.45. The minimum absolute atomic E-state index is 0.0884. The topological polar surface area (TPSA) is 58.6 Å². The van der Waals surface area contributed by atoms with E-state index in [9.17, 15) is 9.90 Å². The molecule has 0 amide bonds. The Morgan fingerprint density at radius 2 is 2.38 bits per heavy atom. The minimum atomic E-state index is -0.662. The highest BCUT2D eigenvalue weighted by atomic mass is 16.5. The van der Waals surface area contributed by atoms with E-state index in [1.54, 1.807) is 0 Å². The molecule has 2 heterocycles. The second-order valence-electron chi connectivity index (χ2n) is 5.46. The van der Waals surface area contributed by atoms with Crippen LogP contribution in [0.5, 0.6) is 0 Å². The molecule has 92 valence electrons. The number of aliphatic carboxylic acids is 1. The highest BCUT2D eigenvalue weighted by Gasteiger charge is 2.52. The molecule has 0 aromatic carbocycles. The van der Waals surface area contributed by atoms with Crippen LogP contribution < -0.4 is 5.32 Å². The van der Waals surface area contributed by atoms with Crippen molar-refractivity contribution in [3.63, 3.8) is 0 Å². The molecule has 0 saturated carbocycles. The van der Waals surface area contributed by atoms with Crippen LogP contribution >= 0.6 is 0 Å². The molecular weight excluding hydrogens is 206 g/mol. The molecule has 0 radical (unpaired) electrons. The molecular formula is C12H21NO3. The summed E-state index contributed by atoms with van der Waals surface area (Å²) >= 11 is 0. The van der Waals surface area contributed by atoms with Gasteiger partial charge < -0.3 is 15.2 Å². The first-order valence-electron chi connectivity index (χ1n) is 6.09. The third-order valence-electron chi connectivity index (χ3n) is 4.39. The quantitative estimate of drug-likeness (QED) is 0.745. The summed E-state index contributed by atoms with van der Waals surface area (Å²) < 4.78 is 5.81. The van der Waals surface area contributed by atoms with E-state index >= 15 is 0 Å². The number of rotatable bonds is 2. The maximum Gasteiger partial charge on any atom is 0.308 e. The number of carboxylic acids is 1. The molecule has 0 aromatic heterocycles. The molecule has 16 heavy (non-hydrogen) atoms. The summed E-state index contributed by atoms with van der Waals surface area (Å²) in [5.41, 5.74) is -0.229. The van der Waals surface area contributed by atoms with E-state index in [0.29, 0.717) is 13.2 Å². The van der Waals surface area contributed by atoms with Crippen LogP contribution in [0, 0.1) is 11.3 Å². The van der Waals surface area contributed by atoms with Gasteiger partial charge in [-0.15, -0.1) is 0 Å². The summed E-state index contributed by atoms with van der Waals surface area (Å²) in [7, 11) is 0. The van der Waals surface area contributed by atoms with Gasteiger partial charge in [0.05, 0.1) is 11.5 Å². The second-order valence-corrected chi connectivity index (χ2v) is 5.46. The zero-order valence-corrected chi connectivity index (χ0v) is 10.1. The molecule has 2 aliphatic heterocycles. The Hall–Kier alpha value is -0.610. The maximum absolute atomic E-state index is 11.3. The van der Waals surface area contributed by atoms with Crippen molar-refractivity contribution in [1.29, 1.82) is 0 Å². The van der Waals surface area contributed by atoms with Crippen LogP contribution in [0.2, 0.25) is 0 Å². The van der Waals surface area contributed by atoms with E-state index in [2.05, 4.69) is 19.2 Å². The molecule has 0 bridgehead atoms. The molecule has 2 N–H and O–H groups in total. The van der Waals surface area contributed by atoms with Gasteiger partial charge in [-0.2, -0.15) is 0 Å². The Balaban J connectivity index is 2.20. The van der Waals surface area contributed by atoms with Crippen molar-refractivity contribution in [2.24, 2.45) is 11.3 Å². The first-order valence-corrected chi connectivity index (χ1v) is 6.09. The van der Waals surface area contributed by atoms with Crippen LogP contribution in [0.3, 0.4) is 0 Å². The largest absolute Gasteiger partial charge is 0.481 e. The van der Waals surface area contributed by atoms with Gasteiger partial charge in [0.2, 0.25) is 0 Å². The molecule has 4 heteroatoms. The van der Waals surface area contributed by atoms with Gasteiger partial charge in [0, 0.05) is 25.1 Å². The van der Waals surface area contributed by atoms with Crippen molar-refractivity contribution >= 4 is 5.97 Å². The van der Waals surface area contributed by atoms with Gasteiger partial charge in [-0.25, -0.2) is 0 Å². The van der Waals surface area contributed by atoms with Crippen molar-refractivity contribution in [2.45, 2.75) is 38.7 Å². The number of nitrogens with one attached hydrogen (secondary N) is 1. The van der Waals surface area contributed by atoms with E-state index in [0.717, 1.165) is 25.8 Å². The van der Waals surface area contributed by atoms with Gasteiger partial charge in [-0.3, -0.25) is 4.79 Å². The van der Waals surface area contributed by atoms with Crippen LogP contribution in [0.25, 0.3) is 0 Å². The smallest absolute Gasteiger partial charge is 0.308 e. The molecule has 3 atom stereocenters. The van der Waals surface area contributed by atoms with E-state index < -0.39 is 5.97 Å². The Labute approximate surface area is 96.4 Å². The zero-order valence-electron chi connectivity index (χ0n) is 10.1. The highest BCUT2D eigenvalue weighted by molar-refractivity contribution is 5.72. The molecule has 2 rings (SSSR count). The fourth-order valence-corrected chi connectivity index (χ4v) is 3.21. The maximum atomic E-state index is 11.3. The number of hydrogen-bond donors (Lipinski definition) is 2. The second kappa shape index (κ2) is 4.00. The summed E-state index contributed by atoms with van der Waals surface area (Å²) in [6.07, 6.45) is 2.67. The summed E-state index contributed by atoms with van der Waals surface area (Å²) in [4.78, 5) is 11.3. The number of hydrogen-bond acceptors (Lipinski definition) is 3. The number of ether oxygens (including phenoxy) is 1. The zero-order chi connectivity index (χ0) is 11.8. The lowest BCUT2D eigenvalue weighted by atomic mass is 9.67. The van der Waals surface area contributed by atoms with Crippen LogP contribution in [0.15, 0.2) is 0 Å². The van der Waals surface area contributed by atoms with Gasteiger partial charge in [0.25, 0.3) is 0 Å². The molecule has 0 aromatic rings. The first-order chi connectivity index (χ1) is 7.51. The molecule has 0 aliphatic carbocycles. The lowest BCUT2D eigenvalue weighted by molar-refractivity contribution is -0.156. The van der Waals surface area contributed by atoms with E-state index in [4.69, 9.17) is 4.74 Å². The normalized spacial score (nSPS) is 43.8. The summed E-state index contributed by atoms with van der Waals surface area (Å²) in [5, 5.41) is 12.5. The first kappa shape index (κ1) is 11.9. The average Bonchev–Trinajstić information content (AvgIpc) is 2.61. The SMILES string of the molecule is CCC1(C)CC2(CCO1)CNCC2C(=O)O. The van der Waals surface area contributed by atoms with Gasteiger partial charge >= 0.3 is 5.97 Å². The van der Waals surface area contributed by atoms with E-state index in [-0.39, 0.29) is 16.9 Å². The molecule has 1 spiro atoms. The van der Waals surface area contributed by atoms with Crippen LogP contribution in [0.1, 0.15) is 33.1 Å². The van der Waals surface area contributed by atoms with Crippen molar-refractivity contribution < 1.29 is 14.6 Å². The minimum Gasteiger partial charge on any atom is -0.481 e.